The molecule has 4 nitrogen and oxygen atoms in total. The largest absolute Gasteiger partial charge is 0.465 e. The predicted molar refractivity (Wildman–Crippen MR) is 76.7 cm³/mol. The van der Waals surface area contributed by atoms with Crippen molar-refractivity contribution in [1.82, 2.24) is 4.90 Å². The third-order valence-corrected chi connectivity index (χ3v) is 3.52. The van der Waals surface area contributed by atoms with Gasteiger partial charge in [0.1, 0.15) is 6.54 Å². The van der Waals surface area contributed by atoms with Crippen LogP contribution in [0.25, 0.3) is 0 Å². The Hall–Kier alpha value is -1.55. The molecule has 1 aromatic rings. The van der Waals surface area contributed by atoms with Crippen LogP contribution in [0.15, 0.2) is 24.3 Å². The van der Waals surface area contributed by atoms with Gasteiger partial charge in [-0.15, -0.1) is 11.6 Å². The average molecular weight is 296 g/mol. The van der Waals surface area contributed by atoms with Crippen LogP contribution in [0, 0.1) is 0 Å². The Morgan fingerprint density at radius 3 is 2.45 bits per heavy atom. The smallest absolute Gasteiger partial charge is 0.325 e. The number of amides is 1. The minimum absolute atomic E-state index is 0.0224. The van der Waals surface area contributed by atoms with E-state index in [9.17, 15) is 9.59 Å². The van der Waals surface area contributed by atoms with Gasteiger partial charge in [0.15, 0.2) is 0 Å². The molecule has 0 unspecified atom stereocenters. The first-order valence-electron chi connectivity index (χ1n) is 6.77. The molecule has 0 atom stereocenters. The first-order chi connectivity index (χ1) is 9.65. The molecule has 0 aliphatic heterocycles. The lowest BCUT2D eigenvalue weighted by Gasteiger charge is -2.21. The highest BCUT2D eigenvalue weighted by Crippen LogP contribution is 2.28. The highest BCUT2D eigenvalue weighted by molar-refractivity contribution is 6.17. The zero-order valence-corrected chi connectivity index (χ0v) is 12.2. The molecular formula is C15H18ClNO3. The van der Waals surface area contributed by atoms with E-state index in [1.165, 1.54) is 0 Å². The van der Waals surface area contributed by atoms with E-state index in [0.29, 0.717) is 18.1 Å². The second-order valence-corrected chi connectivity index (χ2v) is 5.07. The van der Waals surface area contributed by atoms with E-state index in [4.69, 9.17) is 16.3 Å². The maximum Gasteiger partial charge on any atom is 0.325 e. The fraction of sp³-hybridized carbons (Fsp3) is 0.467. The third kappa shape index (κ3) is 3.73. The van der Waals surface area contributed by atoms with Crippen molar-refractivity contribution in [2.24, 2.45) is 0 Å². The van der Waals surface area contributed by atoms with E-state index >= 15 is 0 Å². The number of nitrogens with zero attached hydrogens (tertiary/aromatic N) is 1. The molecule has 0 aromatic heterocycles. The van der Waals surface area contributed by atoms with Crippen LogP contribution >= 0.6 is 11.6 Å². The molecule has 0 spiro atoms. The molecule has 1 saturated carbocycles. The lowest BCUT2D eigenvalue weighted by atomic mass is 10.1. The summed E-state index contributed by atoms with van der Waals surface area (Å²) in [6, 6.07) is 7.33. The number of benzene rings is 1. The predicted octanol–water partition coefficient (Wildman–Crippen LogP) is 2.59. The summed E-state index contributed by atoms with van der Waals surface area (Å²) in [6.45, 7) is 2.11. The highest BCUT2D eigenvalue weighted by atomic mass is 35.5. The van der Waals surface area contributed by atoms with E-state index in [0.717, 1.165) is 18.4 Å². The van der Waals surface area contributed by atoms with Crippen LogP contribution in [-0.2, 0) is 15.4 Å². The lowest BCUT2D eigenvalue weighted by Crippen LogP contribution is -2.38. The number of hydrogen-bond acceptors (Lipinski definition) is 3. The Balaban J connectivity index is 2.07. The monoisotopic (exact) mass is 295 g/mol. The Labute approximate surface area is 123 Å². The van der Waals surface area contributed by atoms with Crippen molar-refractivity contribution in [3.05, 3.63) is 35.4 Å². The number of carbonyl (C=O) groups excluding carboxylic acids is 2. The summed E-state index contributed by atoms with van der Waals surface area (Å²) in [5, 5.41) is 0. The normalized spacial score (nSPS) is 13.9. The number of ether oxygens (including phenoxy) is 1. The first-order valence-corrected chi connectivity index (χ1v) is 7.30. The minimum atomic E-state index is -0.356. The van der Waals surface area contributed by atoms with Gasteiger partial charge in [-0.05, 0) is 37.5 Å². The number of esters is 1. The van der Waals surface area contributed by atoms with Gasteiger partial charge < -0.3 is 9.64 Å². The van der Waals surface area contributed by atoms with Gasteiger partial charge in [0, 0.05) is 17.5 Å². The van der Waals surface area contributed by atoms with E-state index in [1.807, 2.05) is 12.1 Å². The number of halogens is 1. The molecule has 1 aliphatic rings. The minimum Gasteiger partial charge on any atom is -0.465 e. The van der Waals surface area contributed by atoms with Crippen molar-refractivity contribution in [2.75, 3.05) is 13.2 Å². The van der Waals surface area contributed by atoms with Gasteiger partial charge in [-0.3, -0.25) is 9.59 Å². The summed E-state index contributed by atoms with van der Waals surface area (Å²) in [4.78, 5) is 25.6. The Morgan fingerprint density at radius 2 is 1.95 bits per heavy atom. The summed E-state index contributed by atoms with van der Waals surface area (Å²) in [6.07, 6.45) is 1.90. The van der Waals surface area contributed by atoms with Gasteiger partial charge in [-0.2, -0.15) is 0 Å². The van der Waals surface area contributed by atoms with Gasteiger partial charge in [0.05, 0.1) is 6.61 Å². The van der Waals surface area contributed by atoms with Crippen molar-refractivity contribution in [3.63, 3.8) is 0 Å². The standard InChI is InChI=1S/C15H18ClNO3/c1-2-20-14(18)10-17(13-7-8-13)15(19)12-5-3-11(9-16)4-6-12/h3-6,13H,2,7-10H2,1H3. The molecule has 0 heterocycles. The molecule has 1 aliphatic carbocycles. The van der Waals surface area contributed by atoms with Crippen LogP contribution in [-0.4, -0.2) is 36.0 Å². The van der Waals surface area contributed by atoms with Crippen LogP contribution in [0.2, 0.25) is 0 Å². The average Bonchev–Trinajstić information content (AvgIpc) is 3.29. The SMILES string of the molecule is CCOC(=O)CN(C(=O)c1ccc(CCl)cc1)C1CC1. The summed E-state index contributed by atoms with van der Waals surface area (Å²) >= 11 is 5.73. The maximum atomic E-state index is 12.5. The Bertz CT molecular complexity index is 482. The van der Waals surface area contributed by atoms with Crippen molar-refractivity contribution in [2.45, 2.75) is 31.7 Å². The van der Waals surface area contributed by atoms with Crippen LogP contribution in [0.1, 0.15) is 35.7 Å². The summed E-state index contributed by atoms with van der Waals surface area (Å²) in [5.74, 6) is -0.0595. The van der Waals surface area contributed by atoms with Gasteiger partial charge in [-0.25, -0.2) is 0 Å². The second-order valence-electron chi connectivity index (χ2n) is 4.80. The molecule has 20 heavy (non-hydrogen) atoms. The van der Waals surface area contributed by atoms with E-state index < -0.39 is 0 Å². The summed E-state index contributed by atoms with van der Waals surface area (Å²) < 4.78 is 4.92. The zero-order chi connectivity index (χ0) is 14.5. The van der Waals surface area contributed by atoms with E-state index in [2.05, 4.69) is 0 Å². The van der Waals surface area contributed by atoms with Crippen molar-refractivity contribution in [1.29, 1.82) is 0 Å². The molecule has 0 N–H and O–H groups in total. The zero-order valence-electron chi connectivity index (χ0n) is 11.5. The quantitative estimate of drug-likeness (QED) is 0.598. The number of rotatable bonds is 6. The Kier molecular flexibility index (Phi) is 5.01. The summed E-state index contributed by atoms with van der Waals surface area (Å²) in [5.41, 5.74) is 1.54. The fourth-order valence-corrected chi connectivity index (χ4v) is 2.18. The van der Waals surface area contributed by atoms with Gasteiger partial charge >= 0.3 is 5.97 Å². The molecule has 0 saturated heterocycles. The van der Waals surface area contributed by atoms with Gasteiger partial charge in [0.2, 0.25) is 0 Å². The third-order valence-electron chi connectivity index (χ3n) is 3.21. The van der Waals surface area contributed by atoms with Crippen LogP contribution in [0.3, 0.4) is 0 Å². The van der Waals surface area contributed by atoms with Crippen molar-refractivity contribution < 1.29 is 14.3 Å². The van der Waals surface area contributed by atoms with Crippen LogP contribution < -0.4 is 0 Å². The van der Waals surface area contributed by atoms with Gasteiger partial charge in [-0.1, -0.05) is 12.1 Å². The highest BCUT2D eigenvalue weighted by Gasteiger charge is 2.34. The molecule has 1 aromatic carbocycles. The fourth-order valence-electron chi connectivity index (χ4n) is 2.00. The number of carbonyl (C=O) groups is 2. The topological polar surface area (TPSA) is 46.6 Å². The Morgan fingerprint density at radius 1 is 1.30 bits per heavy atom. The molecule has 5 heteroatoms. The molecule has 0 bridgehead atoms. The molecular weight excluding hydrogens is 278 g/mol. The molecule has 0 radical (unpaired) electrons. The first kappa shape index (κ1) is 14.9. The van der Waals surface area contributed by atoms with Crippen LogP contribution in [0.5, 0.6) is 0 Å². The number of hydrogen-bond donors (Lipinski definition) is 0. The van der Waals surface area contributed by atoms with Gasteiger partial charge in [0.25, 0.3) is 5.91 Å². The molecule has 1 fully saturated rings. The van der Waals surface area contributed by atoms with Crippen LogP contribution in [0.4, 0.5) is 0 Å². The van der Waals surface area contributed by atoms with E-state index in [1.54, 1.807) is 24.0 Å². The second kappa shape index (κ2) is 6.75. The van der Waals surface area contributed by atoms with E-state index in [-0.39, 0.29) is 24.5 Å². The molecule has 108 valence electrons. The molecule has 2 rings (SSSR count). The maximum absolute atomic E-state index is 12.5. The molecule has 1 amide bonds. The van der Waals surface area contributed by atoms with Crippen molar-refractivity contribution in [3.8, 4) is 0 Å². The van der Waals surface area contributed by atoms with Crippen molar-refractivity contribution >= 4 is 23.5 Å². The summed E-state index contributed by atoms with van der Waals surface area (Å²) in [7, 11) is 0. The lowest BCUT2D eigenvalue weighted by molar-refractivity contribution is -0.144. The number of alkyl halides is 1.